The van der Waals surface area contributed by atoms with Crippen molar-refractivity contribution in [2.75, 3.05) is 43.3 Å². The fraction of sp³-hybridized carbons (Fsp3) is 0.450. The number of hydrogen-bond acceptors (Lipinski definition) is 6. The first-order valence-electron chi connectivity index (χ1n) is 9.69. The average Bonchev–Trinajstić information content (AvgIpc) is 3.54. The molecule has 2 heterocycles. The molecule has 1 aromatic heterocycles. The summed E-state index contributed by atoms with van der Waals surface area (Å²) in [4.78, 5) is 26.2. The van der Waals surface area contributed by atoms with Gasteiger partial charge in [0.2, 0.25) is 11.9 Å². The molecule has 4 rings (SSSR count). The molecule has 2 atom stereocenters. The number of aromatic nitrogens is 2. The van der Waals surface area contributed by atoms with Crippen LogP contribution in [0.2, 0.25) is 0 Å². The number of likely N-dealkylation sites (N-methyl/N-ethyl adjacent to an activating group) is 2. The molecule has 1 aromatic carbocycles. The Kier molecular flexibility index (Phi) is 5.26. The number of nitrogens with one attached hydrogen (secondary N) is 1. The highest BCUT2D eigenvalue weighted by molar-refractivity contribution is 7.82. The van der Waals surface area contributed by atoms with Crippen molar-refractivity contribution in [3.8, 4) is 0 Å². The van der Waals surface area contributed by atoms with Crippen LogP contribution in [0.3, 0.4) is 0 Å². The van der Waals surface area contributed by atoms with Gasteiger partial charge in [-0.1, -0.05) is 12.8 Å². The van der Waals surface area contributed by atoms with Crippen molar-refractivity contribution in [3.63, 3.8) is 0 Å². The normalized spacial score (nSPS) is 20.0. The smallest absolute Gasteiger partial charge is 0.249 e. The van der Waals surface area contributed by atoms with Gasteiger partial charge < -0.3 is 15.1 Å². The van der Waals surface area contributed by atoms with Gasteiger partial charge in [-0.05, 0) is 50.7 Å². The third kappa shape index (κ3) is 3.97. The van der Waals surface area contributed by atoms with Crippen LogP contribution in [0.4, 0.5) is 23.1 Å². The number of carbonyl (C=O) groups is 1. The van der Waals surface area contributed by atoms with E-state index in [4.69, 9.17) is 0 Å². The quantitative estimate of drug-likeness (QED) is 0.782. The molecule has 1 saturated carbocycles. The van der Waals surface area contributed by atoms with E-state index in [1.807, 2.05) is 36.2 Å². The number of rotatable bonds is 6. The molecule has 2 aliphatic rings. The Morgan fingerprint density at radius 3 is 2.52 bits per heavy atom. The number of hydrogen-bond donors (Lipinski definition) is 1. The maximum Gasteiger partial charge on any atom is 0.249 e. The maximum atomic E-state index is 12.8. The lowest BCUT2D eigenvalue weighted by molar-refractivity contribution is -0.120. The van der Waals surface area contributed by atoms with Gasteiger partial charge in [0.05, 0.1) is 11.1 Å². The van der Waals surface area contributed by atoms with E-state index >= 15 is 0 Å². The summed E-state index contributed by atoms with van der Waals surface area (Å²) in [6, 6.07) is 7.18. The van der Waals surface area contributed by atoms with Crippen LogP contribution in [-0.4, -0.2) is 58.6 Å². The maximum absolute atomic E-state index is 12.8. The van der Waals surface area contributed by atoms with Gasteiger partial charge in [0, 0.05) is 19.8 Å². The van der Waals surface area contributed by atoms with Gasteiger partial charge in [-0.2, -0.15) is 4.98 Å². The highest BCUT2D eigenvalue weighted by Crippen LogP contribution is 2.40. The monoisotopic (exact) mass is 414 g/mol. The SMILES string of the molecule is CN1C(=O)C(CC2CC2)N(C)c2nc(Nc3ccc(S(=O)N(C)C)cc3)ncc21. The van der Waals surface area contributed by atoms with E-state index in [1.165, 1.54) is 12.8 Å². The summed E-state index contributed by atoms with van der Waals surface area (Å²) in [6.07, 6.45) is 4.97. The van der Waals surface area contributed by atoms with Gasteiger partial charge >= 0.3 is 0 Å². The zero-order valence-corrected chi connectivity index (χ0v) is 17.9. The molecule has 1 N–H and O–H groups in total. The van der Waals surface area contributed by atoms with Gasteiger partial charge in [-0.3, -0.25) is 4.79 Å². The number of amides is 1. The van der Waals surface area contributed by atoms with Crippen LogP contribution >= 0.6 is 0 Å². The van der Waals surface area contributed by atoms with Crippen molar-refractivity contribution < 1.29 is 9.00 Å². The van der Waals surface area contributed by atoms with Gasteiger partial charge in [-0.15, -0.1) is 0 Å². The summed E-state index contributed by atoms with van der Waals surface area (Å²) in [5.41, 5.74) is 1.52. The molecule has 2 unspecified atom stereocenters. The molecule has 29 heavy (non-hydrogen) atoms. The van der Waals surface area contributed by atoms with Crippen LogP contribution < -0.4 is 15.1 Å². The molecule has 0 bridgehead atoms. The minimum Gasteiger partial charge on any atom is -0.346 e. The third-order valence-electron chi connectivity index (χ3n) is 5.43. The van der Waals surface area contributed by atoms with Gasteiger partial charge in [0.15, 0.2) is 5.82 Å². The molecule has 1 fully saturated rings. The minimum atomic E-state index is -1.18. The van der Waals surface area contributed by atoms with E-state index in [0.29, 0.717) is 17.6 Å². The summed E-state index contributed by atoms with van der Waals surface area (Å²) in [6.45, 7) is 0. The summed E-state index contributed by atoms with van der Waals surface area (Å²) in [5.74, 6) is 1.96. The van der Waals surface area contributed by atoms with Crippen LogP contribution in [0.15, 0.2) is 35.4 Å². The van der Waals surface area contributed by atoms with Crippen molar-refractivity contribution in [1.82, 2.24) is 14.3 Å². The van der Waals surface area contributed by atoms with E-state index in [9.17, 15) is 9.00 Å². The molecule has 0 spiro atoms. The molecule has 0 radical (unpaired) electrons. The van der Waals surface area contributed by atoms with Crippen LogP contribution in [-0.2, 0) is 15.8 Å². The van der Waals surface area contributed by atoms with Gasteiger partial charge in [0.25, 0.3) is 0 Å². The second-order valence-corrected chi connectivity index (χ2v) is 9.52. The number of anilines is 4. The van der Waals surface area contributed by atoms with E-state index in [2.05, 4.69) is 15.3 Å². The molecule has 0 saturated heterocycles. The molecular weight excluding hydrogens is 388 g/mol. The molecule has 8 nitrogen and oxygen atoms in total. The second-order valence-electron chi connectivity index (χ2n) is 7.82. The zero-order valence-electron chi connectivity index (χ0n) is 17.1. The van der Waals surface area contributed by atoms with Crippen molar-refractivity contribution in [1.29, 1.82) is 0 Å². The fourth-order valence-electron chi connectivity index (χ4n) is 3.50. The lowest BCUT2D eigenvalue weighted by Crippen LogP contribution is -2.51. The van der Waals surface area contributed by atoms with Crippen molar-refractivity contribution in [2.45, 2.75) is 30.2 Å². The third-order valence-corrected chi connectivity index (χ3v) is 6.76. The molecule has 2 aromatic rings. The van der Waals surface area contributed by atoms with Gasteiger partial charge in [-0.25, -0.2) is 13.5 Å². The molecule has 9 heteroatoms. The van der Waals surface area contributed by atoms with Crippen LogP contribution in [0.1, 0.15) is 19.3 Å². The summed E-state index contributed by atoms with van der Waals surface area (Å²) in [7, 11) is 6.09. The van der Waals surface area contributed by atoms with Crippen molar-refractivity contribution in [2.24, 2.45) is 5.92 Å². The second kappa shape index (κ2) is 7.72. The van der Waals surface area contributed by atoms with Crippen LogP contribution in [0.5, 0.6) is 0 Å². The Hall–Kier alpha value is -2.52. The lowest BCUT2D eigenvalue weighted by atomic mass is 10.0. The molecule has 1 amide bonds. The number of nitrogens with zero attached hydrogens (tertiary/aromatic N) is 5. The Morgan fingerprint density at radius 2 is 1.90 bits per heavy atom. The summed E-state index contributed by atoms with van der Waals surface area (Å²) < 4.78 is 13.8. The standard InChI is InChI=1S/C20H26N6O2S/c1-24(2)29(28)15-9-7-14(8-10-15)22-20-21-12-17-18(23-20)25(3)16(11-13-5-6-13)19(27)26(17)4/h7-10,12-13,16H,5-6,11H2,1-4H3,(H,21,22,23). The molecule has 1 aliphatic carbocycles. The van der Waals surface area contributed by atoms with Crippen LogP contribution in [0.25, 0.3) is 0 Å². The summed E-state index contributed by atoms with van der Waals surface area (Å²) >= 11 is 0. The number of fused-ring (bicyclic) bond motifs is 1. The zero-order chi connectivity index (χ0) is 20.7. The Balaban J connectivity index is 1.55. The Labute approximate surface area is 173 Å². The predicted molar refractivity (Wildman–Crippen MR) is 115 cm³/mol. The first-order chi connectivity index (χ1) is 13.8. The fourth-order valence-corrected chi connectivity index (χ4v) is 4.29. The number of benzene rings is 1. The minimum absolute atomic E-state index is 0.0979. The van der Waals surface area contributed by atoms with E-state index < -0.39 is 11.0 Å². The highest BCUT2D eigenvalue weighted by atomic mass is 32.2. The Bertz CT molecular complexity index is 944. The number of carbonyl (C=O) groups excluding carboxylic acids is 1. The lowest BCUT2D eigenvalue weighted by Gasteiger charge is -2.38. The van der Waals surface area contributed by atoms with Gasteiger partial charge in [0.1, 0.15) is 22.7 Å². The first kappa shape index (κ1) is 19.8. The van der Waals surface area contributed by atoms with Crippen molar-refractivity contribution >= 4 is 40.0 Å². The highest BCUT2D eigenvalue weighted by Gasteiger charge is 2.39. The topological polar surface area (TPSA) is 81.7 Å². The summed E-state index contributed by atoms with van der Waals surface area (Å²) in [5, 5.41) is 3.20. The molecular formula is C20H26N6O2S. The predicted octanol–water partition coefficient (Wildman–Crippen LogP) is 2.39. The Morgan fingerprint density at radius 1 is 1.21 bits per heavy atom. The van der Waals surface area contributed by atoms with E-state index in [0.717, 1.165) is 22.8 Å². The largest absolute Gasteiger partial charge is 0.346 e. The van der Waals surface area contributed by atoms with Crippen molar-refractivity contribution in [3.05, 3.63) is 30.5 Å². The van der Waals surface area contributed by atoms with Crippen LogP contribution in [0, 0.1) is 5.92 Å². The van der Waals surface area contributed by atoms with E-state index in [-0.39, 0.29) is 11.9 Å². The average molecular weight is 415 g/mol. The first-order valence-corrected chi connectivity index (χ1v) is 10.8. The molecule has 154 valence electrons. The van der Waals surface area contributed by atoms with E-state index in [1.54, 1.807) is 36.5 Å². The molecule has 1 aliphatic heterocycles.